The van der Waals surface area contributed by atoms with Crippen molar-refractivity contribution in [2.45, 2.75) is 51.0 Å². The predicted octanol–water partition coefficient (Wildman–Crippen LogP) is 2.75. The van der Waals surface area contributed by atoms with Gasteiger partial charge in [0.25, 0.3) is 0 Å². The van der Waals surface area contributed by atoms with E-state index in [-0.39, 0.29) is 0 Å². The second-order valence-electron chi connectivity index (χ2n) is 7.82. The van der Waals surface area contributed by atoms with Crippen LogP contribution in [0.25, 0.3) is 0 Å². The first kappa shape index (κ1) is 12.9. The van der Waals surface area contributed by atoms with Gasteiger partial charge in [-0.2, -0.15) is 5.10 Å². The Balaban J connectivity index is 1.39. The molecule has 5 rings (SSSR count). The molecule has 0 saturated heterocycles. The van der Waals surface area contributed by atoms with Gasteiger partial charge in [0.05, 0.1) is 6.20 Å². The Labute approximate surface area is 121 Å². The zero-order chi connectivity index (χ0) is 13.7. The molecule has 1 unspecified atom stereocenters. The standard InChI is InChI=1S/C17H27N3/c1-20-10-13(9-19-20)7-16(18)8-17-14-3-11-2-12(5-14)6-15(17)4-11/h9-12,14-17H,2-8,18H2,1H3. The van der Waals surface area contributed by atoms with Gasteiger partial charge in [0, 0.05) is 19.3 Å². The second-order valence-corrected chi connectivity index (χ2v) is 7.82. The van der Waals surface area contributed by atoms with Crippen LogP contribution in [0.1, 0.15) is 44.1 Å². The number of aromatic nitrogens is 2. The molecule has 4 bridgehead atoms. The normalized spacial score (nSPS) is 40.2. The van der Waals surface area contributed by atoms with Crippen LogP contribution in [0.4, 0.5) is 0 Å². The third-order valence-corrected chi connectivity index (χ3v) is 6.25. The van der Waals surface area contributed by atoms with E-state index in [2.05, 4.69) is 11.3 Å². The molecule has 0 spiro atoms. The molecule has 4 fully saturated rings. The van der Waals surface area contributed by atoms with Crippen LogP contribution in [0.15, 0.2) is 12.4 Å². The van der Waals surface area contributed by atoms with E-state index in [4.69, 9.17) is 5.73 Å². The van der Waals surface area contributed by atoms with Gasteiger partial charge in [-0.05, 0) is 80.1 Å². The second kappa shape index (κ2) is 4.87. The van der Waals surface area contributed by atoms with Crippen molar-refractivity contribution in [2.24, 2.45) is 42.4 Å². The molecule has 1 aromatic heterocycles. The van der Waals surface area contributed by atoms with E-state index in [9.17, 15) is 0 Å². The summed E-state index contributed by atoms with van der Waals surface area (Å²) < 4.78 is 1.88. The molecule has 0 aliphatic heterocycles. The van der Waals surface area contributed by atoms with Gasteiger partial charge in [-0.15, -0.1) is 0 Å². The van der Waals surface area contributed by atoms with Crippen LogP contribution < -0.4 is 5.73 Å². The zero-order valence-corrected chi connectivity index (χ0v) is 12.5. The number of rotatable bonds is 4. The SMILES string of the molecule is Cn1cc(CC(N)CC2C3CC4CC(C3)CC2C4)cn1. The van der Waals surface area contributed by atoms with Crippen LogP contribution in [0, 0.1) is 29.6 Å². The summed E-state index contributed by atoms with van der Waals surface area (Å²) in [5, 5.41) is 4.25. The molecule has 0 aromatic carbocycles. The Morgan fingerprint density at radius 1 is 1.20 bits per heavy atom. The Morgan fingerprint density at radius 3 is 2.40 bits per heavy atom. The van der Waals surface area contributed by atoms with E-state index in [1.165, 1.54) is 37.7 Å². The third kappa shape index (κ3) is 2.30. The molecule has 3 nitrogen and oxygen atoms in total. The minimum atomic E-state index is 0.321. The van der Waals surface area contributed by atoms with E-state index >= 15 is 0 Å². The van der Waals surface area contributed by atoms with Gasteiger partial charge in [-0.3, -0.25) is 4.68 Å². The Morgan fingerprint density at radius 2 is 1.85 bits per heavy atom. The summed E-state index contributed by atoms with van der Waals surface area (Å²) in [7, 11) is 1.98. The minimum Gasteiger partial charge on any atom is -0.327 e. The average molecular weight is 273 g/mol. The molecule has 2 N–H and O–H groups in total. The van der Waals surface area contributed by atoms with Crippen LogP contribution in [0.5, 0.6) is 0 Å². The van der Waals surface area contributed by atoms with E-state index in [0.717, 1.165) is 36.0 Å². The summed E-state index contributed by atoms with van der Waals surface area (Å²) in [6.07, 6.45) is 13.9. The topological polar surface area (TPSA) is 43.8 Å². The first-order chi connectivity index (χ1) is 9.67. The van der Waals surface area contributed by atoms with E-state index in [1.54, 1.807) is 6.42 Å². The van der Waals surface area contributed by atoms with Crippen molar-refractivity contribution in [3.05, 3.63) is 18.0 Å². The highest BCUT2D eigenvalue weighted by molar-refractivity contribution is 5.06. The number of nitrogens with two attached hydrogens (primary N) is 1. The van der Waals surface area contributed by atoms with Gasteiger partial charge in [0.2, 0.25) is 0 Å². The number of nitrogens with zero attached hydrogens (tertiary/aromatic N) is 2. The van der Waals surface area contributed by atoms with E-state index < -0.39 is 0 Å². The lowest BCUT2D eigenvalue weighted by atomic mass is 9.51. The van der Waals surface area contributed by atoms with Crippen molar-refractivity contribution in [1.29, 1.82) is 0 Å². The van der Waals surface area contributed by atoms with Crippen molar-refractivity contribution in [3.63, 3.8) is 0 Å². The third-order valence-electron chi connectivity index (χ3n) is 6.25. The smallest absolute Gasteiger partial charge is 0.0522 e. The molecule has 4 aliphatic carbocycles. The predicted molar refractivity (Wildman–Crippen MR) is 80.0 cm³/mol. The maximum atomic E-state index is 6.46. The fourth-order valence-electron chi connectivity index (χ4n) is 5.74. The highest BCUT2D eigenvalue weighted by Crippen LogP contribution is 2.57. The molecule has 110 valence electrons. The molecule has 3 heteroatoms. The summed E-state index contributed by atoms with van der Waals surface area (Å²) in [5.41, 5.74) is 7.75. The number of hydrogen-bond acceptors (Lipinski definition) is 2. The van der Waals surface area contributed by atoms with E-state index in [0.29, 0.717) is 6.04 Å². The van der Waals surface area contributed by atoms with Gasteiger partial charge in [-0.1, -0.05) is 0 Å². The van der Waals surface area contributed by atoms with Crippen molar-refractivity contribution in [3.8, 4) is 0 Å². The molecule has 4 saturated carbocycles. The Kier molecular flexibility index (Phi) is 3.13. The number of aryl methyl sites for hydroxylation is 1. The summed E-state index contributed by atoms with van der Waals surface area (Å²) in [5.74, 6) is 5.08. The Hall–Kier alpha value is -0.830. The maximum Gasteiger partial charge on any atom is 0.0522 e. The fraction of sp³-hybridized carbons (Fsp3) is 0.824. The largest absolute Gasteiger partial charge is 0.327 e. The summed E-state index contributed by atoms with van der Waals surface area (Å²) in [4.78, 5) is 0. The molecule has 1 aromatic rings. The molecule has 0 radical (unpaired) electrons. The van der Waals surface area contributed by atoms with Gasteiger partial charge in [0.15, 0.2) is 0 Å². The highest BCUT2D eigenvalue weighted by atomic mass is 15.2. The summed E-state index contributed by atoms with van der Waals surface area (Å²) in [6, 6.07) is 0.321. The van der Waals surface area contributed by atoms with Crippen molar-refractivity contribution >= 4 is 0 Å². The fourth-order valence-corrected chi connectivity index (χ4v) is 5.74. The summed E-state index contributed by atoms with van der Waals surface area (Å²) >= 11 is 0. The van der Waals surface area contributed by atoms with Crippen LogP contribution in [0.2, 0.25) is 0 Å². The molecule has 1 heterocycles. The van der Waals surface area contributed by atoms with Gasteiger partial charge < -0.3 is 5.73 Å². The Bertz CT molecular complexity index is 450. The molecular weight excluding hydrogens is 246 g/mol. The van der Waals surface area contributed by atoms with Crippen LogP contribution in [0.3, 0.4) is 0 Å². The van der Waals surface area contributed by atoms with Crippen LogP contribution in [-0.4, -0.2) is 15.8 Å². The highest BCUT2D eigenvalue weighted by Gasteiger charge is 2.48. The lowest BCUT2D eigenvalue weighted by molar-refractivity contribution is -0.0419. The molecular formula is C17H27N3. The lowest BCUT2D eigenvalue weighted by Gasteiger charge is -2.55. The van der Waals surface area contributed by atoms with Crippen LogP contribution in [-0.2, 0) is 13.5 Å². The molecule has 4 aliphatic rings. The zero-order valence-electron chi connectivity index (χ0n) is 12.5. The lowest BCUT2D eigenvalue weighted by Crippen LogP contribution is -2.47. The maximum absolute atomic E-state index is 6.46. The molecule has 1 atom stereocenters. The minimum absolute atomic E-state index is 0.321. The van der Waals surface area contributed by atoms with Gasteiger partial charge in [0.1, 0.15) is 0 Å². The number of hydrogen-bond donors (Lipinski definition) is 1. The van der Waals surface area contributed by atoms with Gasteiger partial charge in [-0.25, -0.2) is 0 Å². The first-order valence-corrected chi connectivity index (χ1v) is 8.40. The first-order valence-electron chi connectivity index (χ1n) is 8.40. The van der Waals surface area contributed by atoms with E-state index in [1.807, 2.05) is 17.9 Å². The molecule has 20 heavy (non-hydrogen) atoms. The summed E-state index contributed by atoms with van der Waals surface area (Å²) in [6.45, 7) is 0. The average Bonchev–Trinajstić information content (AvgIpc) is 2.78. The van der Waals surface area contributed by atoms with Gasteiger partial charge >= 0.3 is 0 Å². The molecule has 0 amide bonds. The quantitative estimate of drug-likeness (QED) is 0.916. The van der Waals surface area contributed by atoms with Crippen molar-refractivity contribution in [2.75, 3.05) is 0 Å². The van der Waals surface area contributed by atoms with Crippen molar-refractivity contribution < 1.29 is 0 Å². The van der Waals surface area contributed by atoms with Crippen LogP contribution >= 0.6 is 0 Å². The van der Waals surface area contributed by atoms with Crippen molar-refractivity contribution in [1.82, 2.24) is 9.78 Å². The monoisotopic (exact) mass is 273 g/mol.